The summed E-state index contributed by atoms with van der Waals surface area (Å²) in [5, 5.41) is 10.1. The van der Waals surface area contributed by atoms with Gasteiger partial charge in [0.05, 0.1) is 18.6 Å². The van der Waals surface area contributed by atoms with Crippen molar-refractivity contribution in [3.8, 4) is 0 Å². The van der Waals surface area contributed by atoms with Crippen LogP contribution in [0.15, 0.2) is 34.8 Å². The highest BCUT2D eigenvalue weighted by molar-refractivity contribution is 9.11. The first-order chi connectivity index (χ1) is 10.0. The summed E-state index contributed by atoms with van der Waals surface area (Å²) in [6, 6.07) is 8.25. The smallest absolute Gasteiger partial charge is 0.180 e. The molecule has 3 nitrogen and oxygen atoms in total. The standard InChI is InChI=1S/C17H17BrO3/c1-10-3-2-4-11(5-10)12-6-13-14(18)7-16(12,8-19)15(20)17(13)9-21-17/h2-5,7,12-13,19H,6,8-9H2,1H3/t12-,13+,16+,17+/m1/s1. The summed E-state index contributed by atoms with van der Waals surface area (Å²) in [5.74, 6) is 0.170. The van der Waals surface area contributed by atoms with E-state index in [2.05, 4.69) is 41.1 Å². The number of ketones is 1. The molecular formula is C17H17BrO3. The summed E-state index contributed by atoms with van der Waals surface area (Å²) in [5.41, 5.74) is 0.790. The number of carbonyl (C=O) groups is 1. The lowest BCUT2D eigenvalue weighted by molar-refractivity contribution is -0.142. The Morgan fingerprint density at radius 3 is 2.81 bits per heavy atom. The molecule has 4 aliphatic rings. The SMILES string of the molecule is Cc1cccc([C@H]2C[C@H]3C(Br)=C[C@@]2(CO)C(=O)[C@]32CO2)c1. The minimum atomic E-state index is -0.849. The normalized spacial score (nSPS) is 40.5. The van der Waals surface area contributed by atoms with E-state index in [-0.39, 0.29) is 24.2 Å². The van der Waals surface area contributed by atoms with E-state index in [1.807, 2.05) is 12.1 Å². The molecule has 0 amide bonds. The minimum absolute atomic E-state index is 0.0241. The fourth-order valence-electron chi connectivity index (χ4n) is 4.15. The van der Waals surface area contributed by atoms with Gasteiger partial charge in [-0.1, -0.05) is 51.8 Å². The molecule has 4 heteroatoms. The maximum atomic E-state index is 13.0. The minimum Gasteiger partial charge on any atom is -0.395 e. The van der Waals surface area contributed by atoms with Gasteiger partial charge in [-0.3, -0.25) is 4.79 Å². The van der Waals surface area contributed by atoms with Gasteiger partial charge in [-0.25, -0.2) is 0 Å². The Morgan fingerprint density at radius 2 is 2.19 bits per heavy atom. The molecule has 2 bridgehead atoms. The fourth-order valence-corrected chi connectivity index (χ4v) is 5.12. The number of rotatable bonds is 2. The van der Waals surface area contributed by atoms with Crippen LogP contribution in [0.4, 0.5) is 0 Å². The first-order valence-electron chi connectivity index (χ1n) is 7.28. The van der Waals surface area contributed by atoms with Gasteiger partial charge in [0.25, 0.3) is 0 Å². The van der Waals surface area contributed by atoms with E-state index in [0.29, 0.717) is 6.61 Å². The number of aryl methyl sites for hydroxylation is 1. The summed E-state index contributed by atoms with van der Waals surface area (Å²) in [4.78, 5) is 13.0. The van der Waals surface area contributed by atoms with E-state index in [1.54, 1.807) is 0 Å². The van der Waals surface area contributed by atoms with Crippen LogP contribution >= 0.6 is 15.9 Å². The van der Waals surface area contributed by atoms with E-state index in [9.17, 15) is 9.90 Å². The zero-order valence-corrected chi connectivity index (χ0v) is 13.4. The van der Waals surface area contributed by atoms with Gasteiger partial charge < -0.3 is 9.84 Å². The van der Waals surface area contributed by atoms with Crippen LogP contribution in [0, 0.1) is 18.3 Å². The third kappa shape index (κ3) is 1.64. The number of fused-ring (bicyclic) bond motifs is 1. The van der Waals surface area contributed by atoms with Crippen LogP contribution in [0.2, 0.25) is 0 Å². The topological polar surface area (TPSA) is 49.8 Å². The highest BCUT2D eigenvalue weighted by atomic mass is 79.9. The van der Waals surface area contributed by atoms with Crippen LogP contribution in [0.1, 0.15) is 23.5 Å². The number of benzene rings is 1. The zero-order valence-electron chi connectivity index (χ0n) is 11.8. The number of halogens is 1. The molecule has 5 rings (SSSR count). The zero-order chi connectivity index (χ0) is 14.8. The van der Waals surface area contributed by atoms with Crippen molar-refractivity contribution >= 4 is 21.7 Å². The van der Waals surface area contributed by atoms with Crippen LogP contribution in [0.5, 0.6) is 0 Å². The number of epoxide rings is 1. The molecule has 1 aromatic rings. The summed E-state index contributed by atoms with van der Waals surface area (Å²) in [7, 11) is 0. The van der Waals surface area contributed by atoms with Gasteiger partial charge in [-0.15, -0.1) is 0 Å². The molecule has 4 atom stereocenters. The molecule has 0 aromatic heterocycles. The number of carbonyl (C=O) groups excluding carboxylic acids is 1. The Balaban J connectivity index is 1.87. The first-order valence-corrected chi connectivity index (χ1v) is 8.07. The van der Waals surface area contributed by atoms with Gasteiger partial charge in [0, 0.05) is 11.8 Å². The van der Waals surface area contributed by atoms with Crippen molar-refractivity contribution in [2.75, 3.05) is 13.2 Å². The van der Waals surface area contributed by atoms with Gasteiger partial charge in [0.2, 0.25) is 0 Å². The van der Waals surface area contributed by atoms with E-state index in [4.69, 9.17) is 4.74 Å². The van der Waals surface area contributed by atoms with Crippen molar-refractivity contribution < 1.29 is 14.6 Å². The fraction of sp³-hybridized carbons (Fsp3) is 0.471. The van der Waals surface area contributed by atoms with E-state index in [0.717, 1.165) is 16.5 Å². The lowest BCUT2D eigenvalue weighted by atomic mass is 9.53. The second-order valence-electron chi connectivity index (χ2n) is 6.49. The maximum absolute atomic E-state index is 13.0. The molecule has 1 spiro atoms. The third-order valence-electron chi connectivity index (χ3n) is 5.35. The predicted octanol–water partition coefficient (Wildman–Crippen LogP) is 2.71. The van der Waals surface area contributed by atoms with Crippen molar-refractivity contribution in [1.29, 1.82) is 0 Å². The van der Waals surface area contributed by atoms with Crippen molar-refractivity contribution in [2.24, 2.45) is 11.3 Å². The molecule has 1 aliphatic heterocycles. The monoisotopic (exact) mass is 348 g/mol. The average Bonchev–Trinajstić information content (AvgIpc) is 3.25. The molecule has 2 fully saturated rings. The number of aliphatic hydroxyl groups is 1. The molecule has 0 unspecified atom stereocenters. The highest BCUT2D eigenvalue weighted by Crippen LogP contribution is 2.63. The summed E-state index contributed by atoms with van der Waals surface area (Å²) < 4.78 is 6.57. The Labute approximate surface area is 132 Å². The van der Waals surface area contributed by atoms with E-state index < -0.39 is 11.0 Å². The van der Waals surface area contributed by atoms with Gasteiger partial charge in [-0.2, -0.15) is 0 Å². The summed E-state index contributed by atoms with van der Waals surface area (Å²) in [6.45, 7) is 2.37. The molecule has 110 valence electrons. The Kier molecular flexibility index (Phi) is 2.79. The highest BCUT2D eigenvalue weighted by Gasteiger charge is 2.71. The lowest BCUT2D eigenvalue weighted by Crippen LogP contribution is -2.58. The summed E-state index contributed by atoms with van der Waals surface area (Å²) >= 11 is 3.60. The molecule has 1 N–H and O–H groups in total. The molecule has 0 radical (unpaired) electrons. The Bertz CT molecular complexity index is 662. The van der Waals surface area contributed by atoms with Crippen molar-refractivity contribution in [2.45, 2.75) is 24.9 Å². The largest absolute Gasteiger partial charge is 0.395 e. The third-order valence-corrected chi connectivity index (χ3v) is 6.13. The average molecular weight is 349 g/mol. The van der Waals surface area contributed by atoms with E-state index in [1.165, 1.54) is 5.56 Å². The van der Waals surface area contributed by atoms with Gasteiger partial charge in [0.1, 0.15) is 0 Å². The van der Waals surface area contributed by atoms with Gasteiger partial charge in [-0.05, 0) is 23.4 Å². The number of hydrogen-bond acceptors (Lipinski definition) is 3. The lowest BCUT2D eigenvalue weighted by Gasteiger charge is -2.50. The van der Waals surface area contributed by atoms with Crippen LogP contribution in [0.3, 0.4) is 0 Å². The molecule has 1 saturated heterocycles. The Hall–Kier alpha value is -0.970. The van der Waals surface area contributed by atoms with Crippen LogP contribution in [-0.4, -0.2) is 29.7 Å². The van der Waals surface area contributed by atoms with Crippen LogP contribution in [0.25, 0.3) is 0 Å². The predicted molar refractivity (Wildman–Crippen MR) is 82.2 cm³/mol. The molecular weight excluding hydrogens is 332 g/mol. The molecule has 1 saturated carbocycles. The van der Waals surface area contributed by atoms with Crippen molar-refractivity contribution in [3.63, 3.8) is 0 Å². The van der Waals surface area contributed by atoms with E-state index >= 15 is 0 Å². The maximum Gasteiger partial charge on any atom is 0.180 e. The second-order valence-corrected chi connectivity index (χ2v) is 7.41. The number of ether oxygens (including phenoxy) is 1. The summed E-state index contributed by atoms with van der Waals surface area (Å²) in [6.07, 6.45) is 2.77. The molecule has 21 heavy (non-hydrogen) atoms. The number of aliphatic hydroxyl groups excluding tert-OH is 1. The van der Waals surface area contributed by atoms with Gasteiger partial charge >= 0.3 is 0 Å². The number of hydrogen-bond donors (Lipinski definition) is 1. The van der Waals surface area contributed by atoms with Crippen LogP contribution < -0.4 is 0 Å². The first kappa shape index (κ1) is 13.7. The molecule has 1 aromatic carbocycles. The number of Topliss-reactive ketones (excluding diaryl/α,β-unsaturated/α-hetero) is 1. The quantitative estimate of drug-likeness (QED) is 0.836. The second kappa shape index (κ2) is 4.28. The van der Waals surface area contributed by atoms with Gasteiger partial charge in [0.15, 0.2) is 11.4 Å². The van der Waals surface area contributed by atoms with Crippen LogP contribution in [-0.2, 0) is 9.53 Å². The van der Waals surface area contributed by atoms with Crippen molar-refractivity contribution in [3.05, 3.63) is 46.0 Å². The molecule has 1 heterocycles. The Morgan fingerprint density at radius 1 is 1.43 bits per heavy atom. The molecule has 3 aliphatic carbocycles. The van der Waals surface area contributed by atoms with Crippen molar-refractivity contribution in [1.82, 2.24) is 0 Å².